The fraction of sp³-hybridized carbons (Fsp3) is 0.286. The van der Waals surface area contributed by atoms with Crippen molar-refractivity contribution in [3.05, 3.63) is 42.2 Å². The van der Waals surface area contributed by atoms with Crippen molar-refractivity contribution in [1.82, 2.24) is 9.78 Å². The van der Waals surface area contributed by atoms with Crippen LogP contribution in [-0.2, 0) is 11.3 Å². The SMILES string of the molecule is CCOc1ccc(NC(=O)Cn2ccc(C)n2)cc1. The Bertz CT molecular complexity index is 546. The van der Waals surface area contributed by atoms with Crippen LogP contribution in [0.4, 0.5) is 5.69 Å². The van der Waals surface area contributed by atoms with Gasteiger partial charge in [0.2, 0.25) is 5.91 Å². The van der Waals surface area contributed by atoms with Gasteiger partial charge in [0.15, 0.2) is 0 Å². The number of nitrogens with one attached hydrogen (secondary N) is 1. The van der Waals surface area contributed by atoms with Gasteiger partial charge in [-0.1, -0.05) is 0 Å². The smallest absolute Gasteiger partial charge is 0.246 e. The van der Waals surface area contributed by atoms with Crippen LogP contribution < -0.4 is 10.1 Å². The van der Waals surface area contributed by atoms with Crippen molar-refractivity contribution in [3.8, 4) is 5.75 Å². The number of carbonyl (C=O) groups excluding carboxylic acids is 1. The van der Waals surface area contributed by atoms with E-state index in [0.717, 1.165) is 17.1 Å². The van der Waals surface area contributed by atoms with Crippen molar-refractivity contribution in [1.29, 1.82) is 0 Å². The molecule has 0 aliphatic heterocycles. The average molecular weight is 259 g/mol. The average Bonchev–Trinajstić information content (AvgIpc) is 2.77. The second kappa shape index (κ2) is 6.04. The largest absolute Gasteiger partial charge is 0.494 e. The molecule has 0 fully saturated rings. The van der Waals surface area contributed by atoms with Crippen LogP contribution in [0.5, 0.6) is 5.75 Å². The summed E-state index contributed by atoms with van der Waals surface area (Å²) in [6.45, 7) is 4.66. The van der Waals surface area contributed by atoms with E-state index < -0.39 is 0 Å². The third-order valence-electron chi connectivity index (χ3n) is 2.53. The van der Waals surface area contributed by atoms with Gasteiger partial charge in [0, 0.05) is 11.9 Å². The molecule has 0 unspecified atom stereocenters. The van der Waals surface area contributed by atoms with Gasteiger partial charge in [-0.25, -0.2) is 0 Å². The maximum absolute atomic E-state index is 11.8. The molecular formula is C14H17N3O2. The first-order valence-corrected chi connectivity index (χ1v) is 6.20. The number of ether oxygens (including phenoxy) is 1. The van der Waals surface area contributed by atoms with Crippen LogP contribution in [0, 0.1) is 6.92 Å². The standard InChI is InChI=1S/C14H17N3O2/c1-3-19-13-6-4-12(5-7-13)15-14(18)10-17-9-8-11(2)16-17/h4-9H,3,10H2,1-2H3,(H,15,18). The summed E-state index contributed by atoms with van der Waals surface area (Å²) in [6.07, 6.45) is 1.78. The van der Waals surface area contributed by atoms with E-state index in [2.05, 4.69) is 10.4 Å². The molecule has 1 heterocycles. The van der Waals surface area contributed by atoms with Crippen LogP contribution in [0.15, 0.2) is 36.5 Å². The normalized spacial score (nSPS) is 10.2. The number of anilines is 1. The van der Waals surface area contributed by atoms with Crippen molar-refractivity contribution in [2.24, 2.45) is 0 Å². The van der Waals surface area contributed by atoms with E-state index in [0.29, 0.717) is 6.61 Å². The minimum atomic E-state index is -0.104. The molecular weight excluding hydrogens is 242 g/mol. The number of benzene rings is 1. The summed E-state index contributed by atoms with van der Waals surface area (Å²) < 4.78 is 6.95. The van der Waals surface area contributed by atoms with Crippen molar-refractivity contribution >= 4 is 11.6 Å². The Morgan fingerprint density at radius 2 is 2.05 bits per heavy atom. The van der Waals surface area contributed by atoms with E-state index in [1.165, 1.54) is 0 Å². The monoisotopic (exact) mass is 259 g/mol. The molecule has 0 spiro atoms. The Balaban J connectivity index is 1.91. The molecule has 5 nitrogen and oxygen atoms in total. The zero-order chi connectivity index (χ0) is 13.7. The second-order valence-corrected chi connectivity index (χ2v) is 4.16. The molecule has 0 atom stereocenters. The van der Waals surface area contributed by atoms with Crippen molar-refractivity contribution < 1.29 is 9.53 Å². The number of carbonyl (C=O) groups is 1. The van der Waals surface area contributed by atoms with Gasteiger partial charge in [0.25, 0.3) is 0 Å². The number of aromatic nitrogens is 2. The Morgan fingerprint density at radius 1 is 1.32 bits per heavy atom. The zero-order valence-corrected chi connectivity index (χ0v) is 11.1. The molecule has 0 aliphatic carbocycles. The van der Waals surface area contributed by atoms with Crippen molar-refractivity contribution in [3.63, 3.8) is 0 Å². The van der Waals surface area contributed by atoms with Gasteiger partial charge in [-0.2, -0.15) is 5.10 Å². The molecule has 1 N–H and O–H groups in total. The third kappa shape index (κ3) is 3.84. The fourth-order valence-electron chi connectivity index (χ4n) is 1.70. The Kier molecular flexibility index (Phi) is 4.18. The lowest BCUT2D eigenvalue weighted by atomic mass is 10.3. The lowest BCUT2D eigenvalue weighted by molar-refractivity contribution is -0.116. The molecule has 100 valence electrons. The summed E-state index contributed by atoms with van der Waals surface area (Å²) in [4.78, 5) is 11.8. The maximum atomic E-state index is 11.8. The molecule has 1 amide bonds. The van der Waals surface area contributed by atoms with Gasteiger partial charge < -0.3 is 10.1 Å². The number of amides is 1. The highest BCUT2D eigenvalue weighted by molar-refractivity contribution is 5.90. The first-order valence-electron chi connectivity index (χ1n) is 6.20. The summed E-state index contributed by atoms with van der Waals surface area (Å²) in [5.74, 6) is 0.690. The Hall–Kier alpha value is -2.30. The van der Waals surface area contributed by atoms with E-state index in [4.69, 9.17) is 4.74 Å². The van der Waals surface area contributed by atoms with Crippen LogP contribution in [0.25, 0.3) is 0 Å². The van der Waals surface area contributed by atoms with Gasteiger partial charge in [0.1, 0.15) is 12.3 Å². The highest BCUT2D eigenvalue weighted by atomic mass is 16.5. The first-order chi connectivity index (χ1) is 9.17. The first kappa shape index (κ1) is 13.1. The van der Waals surface area contributed by atoms with Crippen molar-refractivity contribution in [2.75, 3.05) is 11.9 Å². The van der Waals surface area contributed by atoms with E-state index in [1.54, 1.807) is 10.9 Å². The maximum Gasteiger partial charge on any atom is 0.246 e. The lowest BCUT2D eigenvalue weighted by Crippen LogP contribution is -2.19. The number of rotatable bonds is 5. The predicted octanol–water partition coefficient (Wildman–Crippen LogP) is 2.23. The van der Waals surface area contributed by atoms with E-state index in [1.807, 2.05) is 44.2 Å². The summed E-state index contributed by atoms with van der Waals surface area (Å²) >= 11 is 0. The Morgan fingerprint density at radius 3 is 2.63 bits per heavy atom. The summed E-state index contributed by atoms with van der Waals surface area (Å²) in [7, 11) is 0. The molecule has 19 heavy (non-hydrogen) atoms. The Labute approximate surface area is 112 Å². The lowest BCUT2D eigenvalue weighted by Gasteiger charge is -2.07. The molecule has 1 aromatic heterocycles. The molecule has 0 aliphatic rings. The number of hydrogen-bond acceptors (Lipinski definition) is 3. The van der Waals surface area contributed by atoms with Gasteiger partial charge in [0.05, 0.1) is 12.3 Å². The molecule has 0 saturated heterocycles. The molecule has 0 saturated carbocycles. The molecule has 5 heteroatoms. The van der Waals surface area contributed by atoms with E-state index in [9.17, 15) is 4.79 Å². The van der Waals surface area contributed by atoms with Gasteiger partial charge >= 0.3 is 0 Å². The topological polar surface area (TPSA) is 56.1 Å². The van der Waals surface area contributed by atoms with Crippen molar-refractivity contribution in [2.45, 2.75) is 20.4 Å². The van der Waals surface area contributed by atoms with Crippen LogP contribution in [-0.4, -0.2) is 22.3 Å². The minimum Gasteiger partial charge on any atom is -0.494 e. The molecule has 2 rings (SSSR count). The number of aryl methyl sites for hydroxylation is 1. The molecule has 1 aromatic carbocycles. The van der Waals surface area contributed by atoms with Crippen LogP contribution in [0.2, 0.25) is 0 Å². The number of nitrogens with zero attached hydrogens (tertiary/aromatic N) is 2. The summed E-state index contributed by atoms with van der Waals surface area (Å²) in [6, 6.07) is 9.16. The van der Waals surface area contributed by atoms with Crippen LogP contribution in [0.3, 0.4) is 0 Å². The van der Waals surface area contributed by atoms with Gasteiger partial charge in [-0.15, -0.1) is 0 Å². The third-order valence-corrected chi connectivity index (χ3v) is 2.53. The van der Waals surface area contributed by atoms with Crippen LogP contribution >= 0.6 is 0 Å². The highest BCUT2D eigenvalue weighted by Crippen LogP contribution is 2.15. The minimum absolute atomic E-state index is 0.104. The van der Waals surface area contributed by atoms with E-state index >= 15 is 0 Å². The molecule has 0 bridgehead atoms. The predicted molar refractivity (Wildman–Crippen MR) is 73.2 cm³/mol. The van der Waals surface area contributed by atoms with Crippen LogP contribution in [0.1, 0.15) is 12.6 Å². The van der Waals surface area contributed by atoms with E-state index in [-0.39, 0.29) is 12.5 Å². The van der Waals surface area contributed by atoms with Gasteiger partial charge in [-0.05, 0) is 44.2 Å². The summed E-state index contributed by atoms with van der Waals surface area (Å²) in [5.41, 5.74) is 1.64. The van der Waals surface area contributed by atoms with Gasteiger partial charge in [-0.3, -0.25) is 9.48 Å². The summed E-state index contributed by atoms with van der Waals surface area (Å²) in [5, 5.41) is 6.98. The quantitative estimate of drug-likeness (QED) is 0.895. The molecule has 2 aromatic rings. The second-order valence-electron chi connectivity index (χ2n) is 4.16. The zero-order valence-electron chi connectivity index (χ0n) is 11.1. The molecule has 0 radical (unpaired) electrons. The number of hydrogen-bond donors (Lipinski definition) is 1. The fourth-order valence-corrected chi connectivity index (χ4v) is 1.70. The highest BCUT2D eigenvalue weighted by Gasteiger charge is 2.04.